The van der Waals surface area contributed by atoms with Crippen molar-refractivity contribution >= 4 is 28.1 Å². The number of rotatable bonds is 7. The molecule has 0 aromatic carbocycles. The molecule has 1 fully saturated rings. The van der Waals surface area contributed by atoms with E-state index in [4.69, 9.17) is 10.5 Å². The molecule has 0 radical (unpaired) electrons. The molecule has 2 aliphatic carbocycles. The topological polar surface area (TPSA) is 76.4 Å². The number of aliphatic carboxylic acids is 1. The molecule has 6 heteroatoms. The summed E-state index contributed by atoms with van der Waals surface area (Å²) in [6.07, 6.45) is 9.01. The Morgan fingerprint density at radius 2 is 2.08 bits per heavy atom. The molecule has 3 rings (SSSR count). The van der Waals surface area contributed by atoms with Crippen LogP contribution >= 0.6 is 11.3 Å². The molecule has 25 heavy (non-hydrogen) atoms. The highest BCUT2D eigenvalue weighted by Gasteiger charge is 2.30. The van der Waals surface area contributed by atoms with Crippen LogP contribution in [0.4, 0.5) is 5.00 Å². The SMILES string of the molecule is C[C@H](CCC(=O)O)Nc1sc2c(c1C(=N)N(C)C1CCC1)CCCC2. The van der Waals surface area contributed by atoms with E-state index in [9.17, 15) is 4.79 Å². The van der Waals surface area contributed by atoms with Gasteiger partial charge in [-0.3, -0.25) is 10.2 Å². The number of carboxylic acid groups (broad SMARTS) is 1. The van der Waals surface area contributed by atoms with Gasteiger partial charge in [0, 0.05) is 30.4 Å². The van der Waals surface area contributed by atoms with Gasteiger partial charge in [-0.05, 0) is 63.9 Å². The lowest BCUT2D eigenvalue weighted by atomic mass is 9.90. The van der Waals surface area contributed by atoms with Crippen LogP contribution in [0.25, 0.3) is 0 Å². The van der Waals surface area contributed by atoms with Crippen molar-refractivity contribution in [2.24, 2.45) is 0 Å². The lowest BCUT2D eigenvalue weighted by Gasteiger charge is -2.37. The Kier molecular flexibility index (Phi) is 5.67. The average Bonchev–Trinajstić information content (AvgIpc) is 2.88. The summed E-state index contributed by atoms with van der Waals surface area (Å²) in [6, 6.07) is 0.598. The summed E-state index contributed by atoms with van der Waals surface area (Å²) in [5, 5.41) is 22.3. The van der Waals surface area contributed by atoms with E-state index in [0.717, 1.165) is 23.4 Å². The number of nitrogens with one attached hydrogen (secondary N) is 2. The standard InChI is InChI=1S/C19H29N3O2S/c1-12(10-11-16(23)24)21-19-17(14-8-3-4-9-15(14)25-19)18(20)22(2)13-6-5-7-13/h12-13,20-21H,3-11H2,1-2H3,(H,23,24)/t12-/m1/s1. The number of carbonyl (C=O) groups is 1. The third kappa shape index (κ3) is 4.00. The number of thiophene rings is 1. The molecule has 1 aromatic rings. The Morgan fingerprint density at radius 1 is 1.36 bits per heavy atom. The zero-order chi connectivity index (χ0) is 18.0. The van der Waals surface area contributed by atoms with Gasteiger partial charge in [-0.25, -0.2) is 0 Å². The molecule has 1 atom stereocenters. The van der Waals surface area contributed by atoms with Crippen molar-refractivity contribution in [1.29, 1.82) is 5.41 Å². The zero-order valence-electron chi connectivity index (χ0n) is 15.2. The third-order valence-corrected chi connectivity index (χ3v) is 6.77. The van der Waals surface area contributed by atoms with Gasteiger partial charge in [0.2, 0.25) is 0 Å². The van der Waals surface area contributed by atoms with Crippen LogP contribution in [0.2, 0.25) is 0 Å². The zero-order valence-corrected chi connectivity index (χ0v) is 16.0. The second kappa shape index (κ2) is 7.77. The van der Waals surface area contributed by atoms with Crippen molar-refractivity contribution in [1.82, 2.24) is 4.90 Å². The van der Waals surface area contributed by atoms with Crippen LogP contribution in [0.5, 0.6) is 0 Å². The number of aryl methyl sites for hydroxylation is 1. The van der Waals surface area contributed by atoms with E-state index in [2.05, 4.69) is 17.3 Å². The van der Waals surface area contributed by atoms with E-state index >= 15 is 0 Å². The highest BCUT2D eigenvalue weighted by atomic mass is 32.1. The smallest absolute Gasteiger partial charge is 0.303 e. The second-order valence-corrected chi connectivity index (χ2v) is 8.54. The number of amidine groups is 1. The van der Waals surface area contributed by atoms with Gasteiger partial charge in [-0.15, -0.1) is 11.3 Å². The van der Waals surface area contributed by atoms with Gasteiger partial charge in [0.05, 0.1) is 5.56 Å². The quantitative estimate of drug-likeness (QED) is 0.503. The Balaban J connectivity index is 1.82. The summed E-state index contributed by atoms with van der Waals surface area (Å²) in [5.74, 6) is -0.117. The summed E-state index contributed by atoms with van der Waals surface area (Å²) in [4.78, 5) is 14.4. The van der Waals surface area contributed by atoms with Gasteiger partial charge in [0.25, 0.3) is 0 Å². The van der Waals surface area contributed by atoms with Gasteiger partial charge in [-0.1, -0.05) is 0 Å². The predicted octanol–water partition coefficient (Wildman–Crippen LogP) is 4.10. The Labute approximate surface area is 153 Å². The monoisotopic (exact) mass is 363 g/mol. The molecule has 0 unspecified atom stereocenters. The predicted molar refractivity (Wildman–Crippen MR) is 103 cm³/mol. The van der Waals surface area contributed by atoms with E-state index in [1.807, 2.05) is 6.92 Å². The molecular weight excluding hydrogens is 334 g/mol. The Morgan fingerprint density at radius 3 is 2.72 bits per heavy atom. The normalized spacial score (nSPS) is 18.2. The van der Waals surface area contributed by atoms with Crippen molar-refractivity contribution in [3.05, 3.63) is 16.0 Å². The fourth-order valence-corrected chi connectivity index (χ4v) is 5.09. The number of hydrogen-bond acceptors (Lipinski definition) is 4. The Hall–Kier alpha value is -1.56. The second-order valence-electron chi connectivity index (χ2n) is 7.44. The highest BCUT2D eigenvalue weighted by Crippen LogP contribution is 2.40. The number of fused-ring (bicyclic) bond motifs is 1. The van der Waals surface area contributed by atoms with Crippen molar-refractivity contribution in [3.63, 3.8) is 0 Å². The molecule has 5 nitrogen and oxygen atoms in total. The van der Waals surface area contributed by atoms with Crippen molar-refractivity contribution in [3.8, 4) is 0 Å². The van der Waals surface area contributed by atoms with Gasteiger partial charge in [0.1, 0.15) is 10.8 Å². The molecule has 0 spiro atoms. The van der Waals surface area contributed by atoms with Crippen molar-refractivity contribution in [2.45, 2.75) is 76.8 Å². The number of carboxylic acids is 1. The maximum absolute atomic E-state index is 10.8. The Bertz CT molecular complexity index is 651. The van der Waals surface area contributed by atoms with Crippen LogP contribution in [0.15, 0.2) is 0 Å². The lowest BCUT2D eigenvalue weighted by Crippen LogP contribution is -2.41. The minimum atomic E-state index is -0.753. The summed E-state index contributed by atoms with van der Waals surface area (Å²) < 4.78 is 0. The molecule has 1 saturated carbocycles. The van der Waals surface area contributed by atoms with E-state index in [1.165, 1.54) is 42.5 Å². The largest absolute Gasteiger partial charge is 0.481 e. The third-order valence-electron chi connectivity index (χ3n) is 5.55. The van der Waals surface area contributed by atoms with Gasteiger partial charge < -0.3 is 15.3 Å². The van der Waals surface area contributed by atoms with E-state index in [-0.39, 0.29) is 12.5 Å². The van der Waals surface area contributed by atoms with Crippen LogP contribution in [0.1, 0.15) is 67.9 Å². The van der Waals surface area contributed by atoms with E-state index in [1.54, 1.807) is 11.3 Å². The fourth-order valence-electron chi connectivity index (χ4n) is 3.69. The van der Waals surface area contributed by atoms with Crippen LogP contribution in [-0.4, -0.2) is 40.9 Å². The average molecular weight is 364 g/mol. The molecule has 0 aliphatic heterocycles. The van der Waals surface area contributed by atoms with Gasteiger partial charge in [-0.2, -0.15) is 0 Å². The van der Waals surface area contributed by atoms with E-state index < -0.39 is 5.97 Å². The highest BCUT2D eigenvalue weighted by molar-refractivity contribution is 7.16. The maximum Gasteiger partial charge on any atom is 0.303 e. The first-order chi connectivity index (χ1) is 12.0. The maximum atomic E-state index is 10.8. The summed E-state index contributed by atoms with van der Waals surface area (Å²) in [5.41, 5.74) is 2.44. The number of hydrogen-bond donors (Lipinski definition) is 3. The minimum Gasteiger partial charge on any atom is -0.481 e. The first-order valence-corrected chi connectivity index (χ1v) is 10.2. The molecule has 138 valence electrons. The molecule has 1 heterocycles. The first-order valence-electron chi connectivity index (χ1n) is 9.42. The molecular formula is C19H29N3O2S. The molecule has 1 aromatic heterocycles. The van der Waals surface area contributed by atoms with E-state index in [0.29, 0.717) is 18.3 Å². The van der Waals surface area contributed by atoms with Crippen LogP contribution < -0.4 is 5.32 Å². The number of nitrogens with zero attached hydrogens (tertiary/aromatic N) is 1. The molecule has 3 N–H and O–H groups in total. The molecule has 0 saturated heterocycles. The molecule has 0 amide bonds. The van der Waals surface area contributed by atoms with Crippen molar-refractivity contribution in [2.75, 3.05) is 12.4 Å². The molecule has 2 aliphatic rings. The van der Waals surface area contributed by atoms with Crippen LogP contribution in [-0.2, 0) is 17.6 Å². The summed E-state index contributed by atoms with van der Waals surface area (Å²) >= 11 is 1.78. The number of anilines is 1. The van der Waals surface area contributed by atoms with Crippen LogP contribution in [0.3, 0.4) is 0 Å². The fraction of sp³-hybridized carbons (Fsp3) is 0.684. The lowest BCUT2D eigenvalue weighted by molar-refractivity contribution is -0.137. The first kappa shape index (κ1) is 18.2. The van der Waals surface area contributed by atoms with Gasteiger partial charge >= 0.3 is 5.97 Å². The minimum absolute atomic E-state index is 0.0942. The summed E-state index contributed by atoms with van der Waals surface area (Å²) in [6.45, 7) is 2.03. The van der Waals surface area contributed by atoms with Crippen molar-refractivity contribution < 1.29 is 9.90 Å². The van der Waals surface area contributed by atoms with Crippen LogP contribution in [0, 0.1) is 5.41 Å². The van der Waals surface area contributed by atoms with Gasteiger partial charge in [0.15, 0.2) is 0 Å². The summed E-state index contributed by atoms with van der Waals surface area (Å²) in [7, 11) is 2.05. The molecule has 0 bridgehead atoms.